The van der Waals surface area contributed by atoms with Crippen molar-refractivity contribution in [1.82, 2.24) is 15.1 Å². The quantitative estimate of drug-likeness (QED) is 0.848. The molecule has 4 bridgehead atoms. The average molecular weight is 341 g/mol. The van der Waals surface area contributed by atoms with Crippen LogP contribution in [0.2, 0.25) is 0 Å². The van der Waals surface area contributed by atoms with E-state index in [0.717, 1.165) is 34.7 Å². The van der Waals surface area contributed by atoms with Gasteiger partial charge in [0.25, 0.3) is 0 Å². The summed E-state index contributed by atoms with van der Waals surface area (Å²) in [5.41, 5.74) is 3.48. The minimum Gasteiger partial charge on any atom is -0.350 e. The Balaban J connectivity index is 1.43. The number of amides is 1. The number of hydrogen-bond donors (Lipinski definition) is 1. The Kier molecular flexibility index (Phi) is 4.04. The van der Waals surface area contributed by atoms with Crippen molar-refractivity contribution >= 4 is 12.0 Å². The molecule has 136 valence electrons. The van der Waals surface area contributed by atoms with Gasteiger partial charge in [-0.3, -0.25) is 9.48 Å². The molecule has 25 heavy (non-hydrogen) atoms. The van der Waals surface area contributed by atoms with Crippen molar-refractivity contribution in [2.45, 2.75) is 65.3 Å². The fraction of sp³-hybridized carbons (Fsp3) is 0.714. The molecular weight excluding hydrogens is 310 g/mol. The molecule has 1 aromatic rings. The second-order valence-corrected chi connectivity index (χ2v) is 9.05. The van der Waals surface area contributed by atoms with Crippen LogP contribution in [-0.2, 0) is 11.8 Å². The van der Waals surface area contributed by atoms with Crippen LogP contribution in [0.1, 0.15) is 62.4 Å². The molecule has 0 spiro atoms. The Morgan fingerprint density at radius 1 is 1.20 bits per heavy atom. The average Bonchev–Trinajstić information content (AvgIpc) is 2.76. The fourth-order valence-electron chi connectivity index (χ4n) is 6.31. The molecule has 5 rings (SSSR count). The third kappa shape index (κ3) is 2.94. The van der Waals surface area contributed by atoms with E-state index >= 15 is 0 Å². The molecule has 4 fully saturated rings. The summed E-state index contributed by atoms with van der Waals surface area (Å²) in [7, 11) is 1.94. The zero-order valence-electron chi connectivity index (χ0n) is 16.0. The first-order valence-electron chi connectivity index (χ1n) is 9.85. The van der Waals surface area contributed by atoms with Crippen LogP contribution in [0, 0.1) is 37.0 Å². The van der Waals surface area contributed by atoms with Crippen molar-refractivity contribution in [1.29, 1.82) is 0 Å². The molecule has 1 atom stereocenters. The third-order valence-electron chi connectivity index (χ3n) is 7.33. The number of hydrogen-bond acceptors (Lipinski definition) is 2. The van der Waals surface area contributed by atoms with Gasteiger partial charge in [0, 0.05) is 30.4 Å². The highest BCUT2D eigenvalue weighted by molar-refractivity contribution is 5.92. The highest BCUT2D eigenvalue weighted by Crippen LogP contribution is 2.61. The molecule has 0 radical (unpaired) electrons. The van der Waals surface area contributed by atoms with Crippen molar-refractivity contribution in [3.8, 4) is 0 Å². The van der Waals surface area contributed by atoms with Gasteiger partial charge >= 0.3 is 0 Å². The van der Waals surface area contributed by atoms with E-state index in [1.165, 1.54) is 38.5 Å². The minimum atomic E-state index is 0.0332. The number of aryl methyl sites for hydroxylation is 2. The zero-order valence-corrected chi connectivity index (χ0v) is 16.0. The van der Waals surface area contributed by atoms with E-state index < -0.39 is 0 Å². The molecule has 0 unspecified atom stereocenters. The molecule has 4 aliphatic carbocycles. The topological polar surface area (TPSA) is 46.9 Å². The molecular formula is C21H31N3O. The fourth-order valence-corrected chi connectivity index (χ4v) is 6.31. The van der Waals surface area contributed by atoms with E-state index in [0.29, 0.717) is 5.41 Å². The lowest BCUT2D eigenvalue weighted by atomic mass is 9.48. The molecule has 4 heteroatoms. The molecule has 1 amide bonds. The lowest BCUT2D eigenvalue weighted by Gasteiger charge is -2.59. The summed E-state index contributed by atoms with van der Waals surface area (Å²) in [6, 6.07) is 0.272. The summed E-state index contributed by atoms with van der Waals surface area (Å²) in [5.74, 6) is 2.79. The zero-order chi connectivity index (χ0) is 17.8. The number of nitrogens with one attached hydrogen (secondary N) is 1. The Bertz CT molecular complexity index is 680. The minimum absolute atomic E-state index is 0.0332. The molecule has 4 aliphatic rings. The molecule has 1 N–H and O–H groups in total. The first-order chi connectivity index (χ1) is 11.9. The monoisotopic (exact) mass is 341 g/mol. The van der Waals surface area contributed by atoms with E-state index in [1.807, 2.05) is 31.7 Å². The van der Waals surface area contributed by atoms with E-state index in [4.69, 9.17) is 0 Å². The number of aromatic nitrogens is 2. The van der Waals surface area contributed by atoms with Crippen LogP contribution in [0.4, 0.5) is 0 Å². The Morgan fingerprint density at radius 2 is 1.76 bits per heavy atom. The van der Waals surface area contributed by atoms with Crippen LogP contribution in [0.25, 0.3) is 6.08 Å². The maximum Gasteiger partial charge on any atom is 0.244 e. The van der Waals surface area contributed by atoms with Crippen LogP contribution in [0.3, 0.4) is 0 Å². The largest absolute Gasteiger partial charge is 0.350 e. The maximum absolute atomic E-state index is 12.5. The summed E-state index contributed by atoms with van der Waals surface area (Å²) in [5, 5.41) is 7.71. The van der Waals surface area contributed by atoms with E-state index in [9.17, 15) is 4.79 Å². The standard InChI is InChI=1S/C21H31N3O/c1-13-19(14(2)24(4)23-13)5-6-20(25)22-15(3)21-10-16-7-17(11-21)9-18(8-16)12-21/h5-6,15-18H,7-12H2,1-4H3,(H,22,25)/b6-5+/t15-,16?,17?,18?,21?/m1/s1. The van der Waals surface area contributed by atoms with Gasteiger partial charge in [0.15, 0.2) is 0 Å². The van der Waals surface area contributed by atoms with Crippen LogP contribution in [0.15, 0.2) is 6.08 Å². The summed E-state index contributed by atoms with van der Waals surface area (Å²) in [4.78, 5) is 12.5. The number of carbonyl (C=O) groups excluding carboxylic acids is 1. The van der Waals surface area contributed by atoms with Gasteiger partial charge in [-0.15, -0.1) is 0 Å². The summed E-state index contributed by atoms with van der Waals surface area (Å²) in [6.07, 6.45) is 11.9. The Labute approximate surface area is 151 Å². The van der Waals surface area contributed by atoms with Crippen molar-refractivity contribution in [2.24, 2.45) is 30.2 Å². The number of carbonyl (C=O) groups is 1. The van der Waals surface area contributed by atoms with Crippen LogP contribution < -0.4 is 5.32 Å². The molecule has 4 saturated carbocycles. The highest BCUT2D eigenvalue weighted by atomic mass is 16.1. The van der Waals surface area contributed by atoms with Crippen molar-refractivity contribution in [3.63, 3.8) is 0 Å². The van der Waals surface area contributed by atoms with Gasteiger partial charge < -0.3 is 5.32 Å². The van der Waals surface area contributed by atoms with Gasteiger partial charge in [0.05, 0.1) is 5.69 Å². The first kappa shape index (κ1) is 16.9. The van der Waals surface area contributed by atoms with Gasteiger partial charge in [0.2, 0.25) is 5.91 Å². The smallest absolute Gasteiger partial charge is 0.244 e. The Hall–Kier alpha value is -1.58. The van der Waals surface area contributed by atoms with Gasteiger partial charge in [-0.05, 0) is 88.5 Å². The Morgan fingerprint density at radius 3 is 2.24 bits per heavy atom. The SMILES string of the molecule is Cc1nn(C)c(C)c1/C=C/C(=O)N[C@H](C)C12CC3CC(CC(C3)C1)C2. The number of rotatable bonds is 4. The highest BCUT2D eigenvalue weighted by Gasteiger charge is 2.53. The second-order valence-electron chi connectivity index (χ2n) is 9.05. The predicted octanol–water partition coefficient (Wildman–Crippen LogP) is 3.77. The van der Waals surface area contributed by atoms with E-state index in [2.05, 4.69) is 17.3 Å². The normalized spacial score (nSPS) is 34.6. The molecule has 0 saturated heterocycles. The van der Waals surface area contributed by atoms with Crippen molar-refractivity contribution < 1.29 is 4.79 Å². The number of nitrogens with zero attached hydrogens (tertiary/aromatic N) is 2. The first-order valence-corrected chi connectivity index (χ1v) is 9.85. The van der Waals surface area contributed by atoms with E-state index in [1.54, 1.807) is 6.08 Å². The molecule has 0 aliphatic heterocycles. The van der Waals surface area contributed by atoms with Gasteiger partial charge in [-0.1, -0.05) is 0 Å². The molecule has 4 nitrogen and oxygen atoms in total. The lowest BCUT2D eigenvalue weighted by Crippen LogP contribution is -2.55. The summed E-state index contributed by atoms with van der Waals surface area (Å²) >= 11 is 0. The third-order valence-corrected chi connectivity index (χ3v) is 7.33. The molecule has 1 heterocycles. The maximum atomic E-state index is 12.5. The predicted molar refractivity (Wildman–Crippen MR) is 99.9 cm³/mol. The van der Waals surface area contributed by atoms with Crippen LogP contribution >= 0.6 is 0 Å². The van der Waals surface area contributed by atoms with Gasteiger partial charge in [-0.2, -0.15) is 5.10 Å². The lowest BCUT2D eigenvalue weighted by molar-refractivity contribution is -0.121. The van der Waals surface area contributed by atoms with E-state index in [-0.39, 0.29) is 11.9 Å². The van der Waals surface area contributed by atoms with Crippen molar-refractivity contribution in [3.05, 3.63) is 23.0 Å². The van der Waals surface area contributed by atoms with Gasteiger partial charge in [0.1, 0.15) is 0 Å². The summed E-state index contributed by atoms with van der Waals surface area (Å²) in [6.45, 7) is 6.26. The summed E-state index contributed by atoms with van der Waals surface area (Å²) < 4.78 is 1.87. The van der Waals surface area contributed by atoms with Gasteiger partial charge in [-0.25, -0.2) is 0 Å². The van der Waals surface area contributed by atoms with Crippen LogP contribution in [-0.4, -0.2) is 21.7 Å². The van der Waals surface area contributed by atoms with Crippen LogP contribution in [0.5, 0.6) is 0 Å². The second kappa shape index (κ2) is 6.00. The molecule has 1 aromatic heterocycles. The van der Waals surface area contributed by atoms with Crippen molar-refractivity contribution in [2.75, 3.05) is 0 Å². The molecule has 0 aromatic carbocycles.